The van der Waals surface area contributed by atoms with Crippen LogP contribution < -0.4 is 37.3 Å². The summed E-state index contributed by atoms with van der Waals surface area (Å²) in [6.07, 6.45) is 6.96. The first-order valence-corrected chi connectivity index (χ1v) is 29.7. The van der Waals surface area contributed by atoms with Crippen LogP contribution >= 0.6 is 0 Å². The van der Waals surface area contributed by atoms with Crippen LogP contribution in [0, 0.1) is 20.5 Å². The fourth-order valence-corrected chi connectivity index (χ4v) is 7.74. The predicted octanol–water partition coefficient (Wildman–Crippen LogP) is 7.25. The fourth-order valence-electron chi connectivity index (χ4n) is 7.74. The third kappa shape index (κ3) is 30.9. The van der Waals surface area contributed by atoms with Crippen molar-refractivity contribution in [2.45, 2.75) is 41.5 Å². The Kier molecular flexibility index (Phi) is 33.9. The first-order valence-electron chi connectivity index (χ1n) is 27.2. The van der Waals surface area contributed by atoms with E-state index in [-0.39, 0.29) is 33.8 Å². The van der Waals surface area contributed by atoms with Crippen molar-refractivity contribution in [1.82, 2.24) is 39.9 Å². The Morgan fingerprint density at radius 3 is 0.484 bits per heavy atom. The maximum absolute atomic E-state index is 9.44. The number of nitrogens with one attached hydrogen (secondary N) is 4. The van der Waals surface area contributed by atoms with Gasteiger partial charge in [0.15, 0.2) is 0 Å². The molecule has 19 nitrogen and oxygen atoms in total. The number of hydrogen-bond acceptors (Lipinski definition) is 15. The van der Waals surface area contributed by atoms with Crippen LogP contribution in [0.15, 0.2) is 268 Å². The molecule has 12 aromatic rings. The van der Waals surface area contributed by atoms with E-state index >= 15 is 0 Å². The minimum atomic E-state index is -4.94. The summed E-state index contributed by atoms with van der Waals surface area (Å²) in [5, 5.41) is 0. The third-order valence-corrected chi connectivity index (χ3v) is 11.0. The normalized spacial score (nSPS) is 9.91. The monoisotopic (exact) mass is 1310 g/mol. The summed E-state index contributed by atoms with van der Waals surface area (Å²) in [7, 11) is -9.89. The summed E-state index contributed by atoms with van der Waals surface area (Å²) in [6, 6.07) is 81.8. The molecule has 0 amide bonds. The van der Waals surface area contributed by atoms with E-state index in [0.29, 0.717) is 0 Å². The molecule has 91 heavy (non-hydrogen) atoms. The smallest absolute Gasteiger partial charge is 0.344 e. The number of carbonyl (C=O) groups is 3. The van der Waals surface area contributed by atoms with Gasteiger partial charge in [0, 0.05) is 44.5 Å². The van der Waals surface area contributed by atoms with Gasteiger partial charge in [-0.25, -0.2) is 57.2 Å². The summed E-state index contributed by atoms with van der Waals surface area (Å²) >= 11 is 0. The van der Waals surface area contributed by atoms with Crippen molar-refractivity contribution in [1.29, 1.82) is 0 Å². The zero-order valence-electron chi connectivity index (χ0n) is 50.3. The van der Waals surface area contributed by atoms with Gasteiger partial charge < -0.3 is 34.3 Å². The van der Waals surface area contributed by atoms with Gasteiger partial charge in [-0.3, -0.25) is 0 Å². The molecule has 12 rings (SSSR count). The molecule has 22 heteroatoms. The number of halogens is 2. The predicted molar refractivity (Wildman–Crippen MR) is 327 cm³/mol. The summed E-state index contributed by atoms with van der Waals surface area (Å²) in [4.78, 5) is 58.8. The summed E-state index contributed by atoms with van der Waals surface area (Å²) in [5.41, 5.74) is 17.4. The molecule has 0 aliphatic heterocycles. The standard InChI is InChI=1S/4C15H12N2.3C3H6O.2ClHO4.Ni/c4*1-3-7-12(8-4-1)14-15(17-11-16-14)13-9-5-2-6-10-13;3*1-3(2)4;2*2-1(3,4)5;/h4*1-11H,(H,16,17);3*1-2H3;2*(H,2,3,4,5);/q;;;;;;;;;+2/p-2. The third-order valence-electron chi connectivity index (χ3n) is 11.0. The van der Waals surface area contributed by atoms with Gasteiger partial charge in [-0.05, 0) is 41.5 Å². The average molecular weight is 1310 g/mol. The van der Waals surface area contributed by atoms with Crippen LogP contribution in [0.25, 0.3) is 90.1 Å². The molecule has 0 fully saturated rings. The van der Waals surface area contributed by atoms with Crippen molar-refractivity contribution >= 4 is 17.3 Å². The van der Waals surface area contributed by atoms with Gasteiger partial charge >= 0.3 is 16.5 Å². The molecule has 0 aliphatic rings. The van der Waals surface area contributed by atoms with Crippen molar-refractivity contribution in [3.05, 3.63) is 268 Å². The van der Waals surface area contributed by atoms with E-state index in [1.165, 1.54) is 41.5 Å². The first kappa shape index (κ1) is 75.6. The molecular weight excluding hydrogens is 1250 g/mol. The van der Waals surface area contributed by atoms with Gasteiger partial charge in [0.25, 0.3) is 0 Å². The van der Waals surface area contributed by atoms with Gasteiger partial charge in [0.05, 0.1) is 70.9 Å². The van der Waals surface area contributed by atoms with Gasteiger partial charge in [-0.2, -0.15) is 0 Å². The fraction of sp³-hybridized carbons (Fsp3) is 0.0870. The molecule has 0 saturated carbocycles. The topological polar surface area (TPSA) is 350 Å². The van der Waals surface area contributed by atoms with Gasteiger partial charge in [0.2, 0.25) is 0 Å². The minimum Gasteiger partial charge on any atom is -0.344 e. The first-order chi connectivity index (χ1) is 43.0. The molecular formula is C69H66Cl2N8NiO11. The number of hydrogen-bond donors (Lipinski definition) is 4. The molecule has 4 N–H and O–H groups in total. The van der Waals surface area contributed by atoms with Crippen LogP contribution in [-0.4, -0.2) is 57.2 Å². The number of Topliss-reactive ketones (excluding diaryl/α,β-unsaturated/α-hetero) is 3. The Labute approximate surface area is 542 Å². The van der Waals surface area contributed by atoms with Crippen molar-refractivity contribution < 1.29 is 88.6 Å². The maximum atomic E-state index is 9.44. The largest absolute Gasteiger partial charge is 2.00 e. The van der Waals surface area contributed by atoms with Crippen molar-refractivity contribution in [3.63, 3.8) is 0 Å². The molecule has 0 unspecified atom stereocenters. The van der Waals surface area contributed by atoms with Crippen LogP contribution in [0.1, 0.15) is 41.5 Å². The van der Waals surface area contributed by atoms with E-state index in [1.54, 1.807) is 25.3 Å². The molecule has 8 aromatic carbocycles. The molecule has 0 atom stereocenters. The number of aromatic amines is 4. The van der Waals surface area contributed by atoms with Crippen LogP contribution in [0.4, 0.5) is 0 Å². The van der Waals surface area contributed by atoms with Gasteiger partial charge in [0.1, 0.15) is 17.3 Å². The molecule has 4 heterocycles. The Balaban J connectivity index is 0.000000284. The summed E-state index contributed by atoms with van der Waals surface area (Å²) in [5.74, 6) is 0.500. The van der Waals surface area contributed by atoms with Crippen molar-refractivity contribution in [3.8, 4) is 90.1 Å². The number of carbonyl (C=O) groups excluding carboxylic acids is 3. The Bertz CT molecular complexity index is 3160. The zero-order valence-corrected chi connectivity index (χ0v) is 52.8. The zero-order chi connectivity index (χ0) is 65.7. The molecule has 0 saturated heterocycles. The van der Waals surface area contributed by atoms with Crippen LogP contribution in [0.2, 0.25) is 0 Å². The number of rotatable bonds is 8. The molecule has 0 radical (unpaired) electrons. The minimum absolute atomic E-state index is 0. The number of ketones is 3. The van der Waals surface area contributed by atoms with Gasteiger partial charge in [-0.1, -0.05) is 243 Å². The quantitative estimate of drug-likeness (QED) is 0.109. The van der Waals surface area contributed by atoms with E-state index < -0.39 is 20.5 Å². The van der Waals surface area contributed by atoms with E-state index in [2.05, 4.69) is 137 Å². The molecule has 0 bridgehead atoms. The van der Waals surface area contributed by atoms with E-state index in [9.17, 15) is 14.4 Å². The number of imidazole rings is 4. The second kappa shape index (κ2) is 40.8. The molecule has 0 aliphatic carbocycles. The van der Waals surface area contributed by atoms with Crippen LogP contribution in [-0.2, 0) is 30.9 Å². The molecule has 4 aromatic heterocycles. The van der Waals surface area contributed by atoms with Crippen molar-refractivity contribution in [2.24, 2.45) is 0 Å². The SMILES string of the molecule is CC(C)=O.CC(C)=O.CC(C)=O.[Ni+2].[O-][Cl+3]([O-])([O-])[O-].[O-][Cl+3]([O-])([O-])[O-].c1ccc(-c2nc[nH]c2-c2ccccc2)cc1.c1ccc(-c2nc[nH]c2-c2ccccc2)cc1.c1ccc(-c2nc[nH]c2-c2ccccc2)cc1.c1ccc(-c2nc[nH]c2-c2ccccc2)cc1. The summed E-state index contributed by atoms with van der Waals surface area (Å²) in [6.45, 7) is 9.17. The van der Waals surface area contributed by atoms with Gasteiger partial charge in [-0.15, -0.1) is 20.5 Å². The number of benzene rings is 8. The second-order valence-corrected chi connectivity index (χ2v) is 20.4. The number of nitrogens with zero attached hydrogens (tertiary/aromatic N) is 4. The van der Waals surface area contributed by atoms with E-state index in [0.717, 1.165) is 90.1 Å². The average Bonchev–Trinajstić information content (AvgIpc) is 1.86. The van der Waals surface area contributed by atoms with Crippen molar-refractivity contribution in [2.75, 3.05) is 0 Å². The number of H-pyrrole nitrogens is 4. The molecule has 472 valence electrons. The van der Waals surface area contributed by atoms with Crippen LogP contribution in [0.3, 0.4) is 0 Å². The van der Waals surface area contributed by atoms with Crippen LogP contribution in [0.5, 0.6) is 0 Å². The van der Waals surface area contributed by atoms with E-state index in [1.807, 2.05) is 146 Å². The Hall–Kier alpha value is -9.64. The Morgan fingerprint density at radius 2 is 0.363 bits per heavy atom. The second-order valence-electron chi connectivity index (χ2n) is 18.9. The maximum Gasteiger partial charge on any atom is 2.00 e. The Morgan fingerprint density at radius 1 is 0.253 bits per heavy atom. The number of aromatic nitrogens is 8. The molecule has 0 spiro atoms. The summed E-state index contributed by atoms with van der Waals surface area (Å²) < 4.78 is 67.9. The van der Waals surface area contributed by atoms with E-state index in [4.69, 9.17) is 37.3 Å².